The highest BCUT2D eigenvalue weighted by molar-refractivity contribution is 5.94. The Morgan fingerprint density at radius 3 is 1.59 bits per heavy atom. The molecule has 0 saturated heterocycles. The lowest BCUT2D eigenvalue weighted by Gasteiger charge is -2.40. The Bertz CT molecular complexity index is 3150. The fourth-order valence-electron chi connectivity index (χ4n) is 9.27. The number of imidazole rings is 1. The van der Waals surface area contributed by atoms with E-state index >= 15 is 0 Å². The van der Waals surface area contributed by atoms with E-state index in [1.807, 2.05) is 60.7 Å². The second kappa shape index (κ2) is 13.0. The van der Waals surface area contributed by atoms with Crippen molar-refractivity contribution < 1.29 is 4.74 Å². The van der Waals surface area contributed by atoms with E-state index in [2.05, 4.69) is 144 Å². The number of ether oxygens (including phenoxy) is 1. The smallest absolute Gasteiger partial charge is 0.164 e. The molecular weight excluding hydrogens is 723 g/mol. The summed E-state index contributed by atoms with van der Waals surface area (Å²) in [6.07, 6.45) is 0. The van der Waals surface area contributed by atoms with E-state index < -0.39 is 5.41 Å². The molecule has 12 rings (SSSR count). The van der Waals surface area contributed by atoms with E-state index in [-0.39, 0.29) is 0 Å². The maximum atomic E-state index is 6.77. The van der Waals surface area contributed by atoms with Gasteiger partial charge in [-0.3, -0.25) is 4.57 Å². The summed E-state index contributed by atoms with van der Waals surface area (Å²) >= 11 is 0. The molecule has 276 valence electrons. The molecule has 2 aliphatic rings. The molecule has 1 aliphatic carbocycles. The molecule has 0 N–H and O–H groups in total. The Hall–Kier alpha value is -7.96. The van der Waals surface area contributed by atoms with Gasteiger partial charge in [0.05, 0.1) is 16.4 Å². The summed E-state index contributed by atoms with van der Waals surface area (Å²) in [6, 6.07) is 69.5. The second-order valence-corrected chi connectivity index (χ2v) is 15.0. The van der Waals surface area contributed by atoms with Crippen molar-refractivity contribution in [2.75, 3.05) is 0 Å². The maximum Gasteiger partial charge on any atom is 0.164 e. The van der Waals surface area contributed by atoms with Crippen molar-refractivity contribution in [2.24, 2.45) is 0 Å². The largest absolute Gasteiger partial charge is 0.457 e. The highest BCUT2D eigenvalue weighted by atomic mass is 16.5. The molecule has 6 nitrogen and oxygen atoms in total. The standard InChI is InChI=1S/C53H33N5O/c1-4-17-34(18-5-1)49-55-50(35-19-6-2-7-20-35)57-51(56-49)40-24-16-23-39-38-32-31-37(58-45-28-13-12-27-44(45)54-52(58)36-21-8-3-9-22-36)33-43(38)53(48(39)40)41-25-10-14-29-46(41)59-47-30-15-11-26-42(47)53/h1-33H. The minimum atomic E-state index is -0.807. The Labute approximate surface area is 340 Å². The highest BCUT2D eigenvalue weighted by Crippen LogP contribution is 2.64. The highest BCUT2D eigenvalue weighted by Gasteiger charge is 2.52. The van der Waals surface area contributed by atoms with Crippen LogP contribution in [0.1, 0.15) is 22.3 Å². The molecule has 10 aromatic rings. The number of hydrogen-bond acceptors (Lipinski definition) is 5. The van der Waals surface area contributed by atoms with Crippen LogP contribution in [0.25, 0.3) is 73.4 Å². The van der Waals surface area contributed by atoms with Crippen molar-refractivity contribution in [3.8, 4) is 73.9 Å². The van der Waals surface area contributed by atoms with E-state index in [1.165, 1.54) is 0 Å². The van der Waals surface area contributed by atoms with Crippen LogP contribution in [-0.4, -0.2) is 24.5 Å². The summed E-state index contributed by atoms with van der Waals surface area (Å²) in [5, 5.41) is 0. The summed E-state index contributed by atoms with van der Waals surface area (Å²) in [5.41, 5.74) is 12.7. The summed E-state index contributed by atoms with van der Waals surface area (Å²) < 4.78 is 9.07. The zero-order chi connectivity index (χ0) is 38.9. The monoisotopic (exact) mass is 755 g/mol. The lowest BCUT2D eigenvalue weighted by molar-refractivity contribution is 0.436. The Morgan fingerprint density at radius 1 is 0.390 bits per heavy atom. The number of rotatable bonds is 5. The van der Waals surface area contributed by atoms with Gasteiger partial charge in [0.25, 0.3) is 0 Å². The van der Waals surface area contributed by atoms with Gasteiger partial charge in [-0.25, -0.2) is 19.9 Å². The molecule has 0 amide bonds. The van der Waals surface area contributed by atoms with Crippen LogP contribution in [0.2, 0.25) is 0 Å². The molecule has 8 aromatic carbocycles. The lowest BCUT2D eigenvalue weighted by Crippen LogP contribution is -2.33. The molecule has 0 bridgehead atoms. The van der Waals surface area contributed by atoms with E-state index in [1.54, 1.807) is 0 Å². The lowest BCUT2D eigenvalue weighted by atomic mass is 9.65. The van der Waals surface area contributed by atoms with E-state index in [0.717, 1.165) is 89.7 Å². The zero-order valence-corrected chi connectivity index (χ0v) is 31.7. The summed E-state index contributed by atoms with van der Waals surface area (Å²) in [7, 11) is 0. The third-order valence-corrected chi connectivity index (χ3v) is 11.7. The minimum Gasteiger partial charge on any atom is -0.457 e. The van der Waals surface area contributed by atoms with Gasteiger partial charge in [-0.05, 0) is 58.7 Å². The van der Waals surface area contributed by atoms with Crippen LogP contribution >= 0.6 is 0 Å². The SMILES string of the molecule is c1ccc(-c2nc(-c3ccccc3)nc(-c3cccc4c3C3(c5ccccc5Oc5ccccc53)c3cc(-n5c(-c6ccccc6)nc6ccccc65)ccc3-4)n2)cc1. The van der Waals surface area contributed by atoms with Crippen LogP contribution < -0.4 is 4.74 Å². The molecule has 0 unspecified atom stereocenters. The molecule has 0 atom stereocenters. The first-order valence-electron chi connectivity index (χ1n) is 19.8. The molecular formula is C53H33N5O. The molecule has 3 heterocycles. The van der Waals surface area contributed by atoms with Gasteiger partial charge in [-0.2, -0.15) is 0 Å². The van der Waals surface area contributed by atoms with Crippen LogP contribution in [0.15, 0.2) is 200 Å². The number of nitrogens with zero attached hydrogens (tertiary/aromatic N) is 5. The molecule has 59 heavy (non-hydrogen) atoms. The number of fused-ring (bicyclic) bond motifs is 10. The normalized spacial score (nSPS) is 13.0. The van der Waals surface area contributed by atoms with Gasteiger partial charge in [-0.15, -0.1) is 0 Å². The molecule has 2 aromatic heterocycles. The molecule has 1 aliphatic heterocycles. The van der Waals surface area contributed by atoms with Crippen LogP contribution in [0.3, 0.4) is 0 Å². The van der Waals surface area contributed by atoms with Gasteiger partial charge in [0, 0.05) is 39.1 Å². The van der Waals surface area contributed by atoms with Crippen LogP contribution in [0, 0.1) is 0 Å². The number of benzene rings is 8. The first kappa shape index (κ1) is 33.2. The first-order chi connectivity index (χ1) is 29.3. The molecule has 6 heteroatoms. The van der Waals surface area contributed by atoms with E-state index in [0.29, 0.717) is 17.5 Å². The average molecular weight is 756 g/mol. The fourth-order valence-corrected chi connectivity index (χ4v) is 9.27. The van der Waals surface area contributed by atoms with Gasteiger partial charge >= 0.3 is 0 Å². The minimum absolute atomic E-state index is 0.607. The van der Waals surface area contributed by atoms with Crippen molar-refractivity contribution in [1.82, 2.24) is 24.5 Å². The number of hydrogen-bond donors (Lipinski definition) is 0. The molecule has 0 saturated carbocycles. The van der Waals surface area contributed by atoms with Gasteiger partial charge in [0.15, 0.2) is 17.5 Å². The third kappa shape index (κ3) is 5.00. The van der Waals surface area contributed by atoms with Gasteiger partial charge < -0.3 is 4.74 Å². The second-order valence-electron chi connectivity index (χ2n) is 15.0. The van der Waals surface area contributed by atoms with Gasteiger partial charge in [-0.1, -0.05) is 164 Å². The number of para-hydroxylation sites is 4. The van der Waals surface area contributed by atoms with Crippen LogP contribution in [-0.2, 0) is 5.41 Å². The van der Waals surface area contributed by atoms with E-state index in [9.17, 15) is 0 Å². The first-order valence-corrected chi connectivity index (χ1v) is 19.8. The number of aromatic nitrogens is 5. The maximum absolute atomic E-state index is 6.77. The van der Waals surface area contributed by atoms with Gasteiger partial charge in [0.2, 0.25) is 0 Å². The third-order valence-electron chi connectivity index (χ3n) is 11.7. The Morgan fingerprint density at radius 2 is 0.932 bits per heavy atom. The van der Waals surface area contributed by atoms with Crippen LogP contribution in [0.4, 0.5) is 0 Å². The fraction of sp³-hybridized carbons (Fsp3) is 0.0189. The average Bonchev–Trinajstić information content (AvgIpc) is 3.84. The van der Waals surface area contributed by atoms with Crippen molar-refractivity contribution >= 4 is 11.0 Å². The summed E-state index contributed by atoms with van der Waals surface area (Å²) in [6.45, 7) is 0. The van der Waals surface area contributed by atoms with Crippen molar-refractivity contribution in [2.45, 2.75) is 5.41 Å². The van der Waals surface area contributed by atoms with E-state index in [4.69, 9.17) is 24.7 Å². The Kier molecular flexibility index (Phi) is 7.34. The molecule has 1 spiro atoms. The summed E-state index contributed by atoms with van der Waals surface area (Å²) in [4.78, 5) is 20.9. The van der Waals surface area contributed by atoms with Crippen LogP contribution in [0.5, 0.6) is 11.5 Å². The van der Waals surface area contributed by atoms with Crippen molar-refractivity contribution in [1.29, 1.82) is 0 Å². The molecule has 0 radical (unpaired) electrons. The quantitative estimate of drug-likeness (QED) is 0.175. The zero-order valence-electron chi connectivity index (χ0n) is 31.7. The molecule has 0 fully saturated rings. The summed E-state index contributed by atoms with van der Waals surface area (Å²) in [5.74, 6) is 4.36. The predicted octanol–water partition coefficient (Wildman–Crippen LogP) is 12.3. The van der Waals surface area contributed by atoms with Crippen molar-refractivity contribution in [3.63, 3.8) is 0 Å². The predicted molar refractivity (Wildman–Crippen MR) is 234 cm³/mol. The van der Waals surface area contributed by atoms with Gasteiger partial charge in [0.1, 0.15) is 17.3 Å². The Balaban J connectivity index is 1.19. The van der Waals surface area contributed by atoms with Crippen molar-refractivity contribution in [3.05, 3.63) is 222 Å². The topological polar surface area (TPSA) is 65.7 Å².